The Morgan fingerprint density at radius 2 is 2.61 bits per heavy atom. The van der Waals surface area contributed by atoms with Crippen molar-refractivity contribution >= 4 is 17.4 Å². The van der Waals surface area contributed by atoms with Gasteiger partial charge in [-0.05, 0) is 24.3 Å². The number of nitrogens with one attached hydrogen (secondary N) is 2. The molecule has 0 aromatic carbocycles. The number of fused-ring (bicyclic) bond motifs is 1. The van der Waals surface area contributed by atoms with E-state index in [2.05, 4.69) is 21.7 Å². The summed E-state index contributed by atoms with van der Waals surface area (Å²) >= 11 is 1.49. The Labute approximate surface area is 109 Å². The first-order valence-corrected chi connectivity index (χ1v) is 7.01. The molecule has 6 heteroatoms. The highest BCUT2D eigenvalue weighted by Gasteiger charge is 2.33. The highest BCUT2D eigenvalue weighted by Crippen LogP contribution is 2.31. The van der Waals surface area contributed by atoms with Crippen molar-refractivity contribution in [2.24, 2.45) is 5.92 Å². The van der Waals surface area contributed by atoms with Gasteiger partial charge in [0, 0.05) is 11.9 Å². The molecule has 2 atom stereocenters. The summed E-state index contributed by atoms with van der Waals surface area (Å²) in [5.74, 6) is 0.592. The van der Waals surface area contributed by atoms with Crippen molar-refractivity contribution in [2.75, 3.05) is 6.54 Å². The number of hydrogen-bond acceptors (Lipinski definition) is 5. The molecule has 3 rings (SSSR count). The Morgan fingerprint density at radius 1 is 1.67 bits per heavy atom. The molecule has 1 aromatic heterocycles. The molecule has 1 aromatic rings. The van der Waals surface area contributed by atoms with E-state index in [1.54, 1.807) is 5.51 Å². The molecule has 0 bridgehead atoms. The van der Waals surface area contributed by atoms with Crippen LogP contribution in [0.25, 0.3) is 0 Å². The maximum atomic E-state index is 11.7. The second-order valence-corrected chi connectivity index (χ2v) is 5.24. The lowest BCUT2D eigenvalue weighted by Crippen LogP contribution is -2.42. The first-order valence-electron chi connectivity index (χ1n) is 6.06. The highest BCUT2D eigenvalue weighted by atomic mass is 32.1. The molecule has 18 heavy (non-hydrogen) atoms. The molecule has 96 valence electrons. The maximum Gasteiger partial charge on any atom is 0.409 e. The second kappa shape index (κ2) is 5.07. The van der Waals surface area contributed by atoms with E-state index in [4.69, 9.17) is 4.74 Å². The van der Waals surface area contributed by atoms with Crippen molar-refractivity contribution in [3.63, 3.8) is 0 Å². The topological polar surface area (TPSA) is 63.2 Å². The van der Waals surface area contributed by atoms with Gasteiger partial charge in [-0.1, -0.05) is 6.08 Å². The molecule has 0 saturated carbocycles. The smallest absolute Gasteiger partial charge is 0.409 e. The van der Waals surface area contributed by atoms with Crippen LogP contribution >= 0.6 is 11.3 Å². The molecule has 1 saturated heterocycles. The van der Waals surface area contributed by atoms with Gasteiger partial charge in [0.25, 0.3) is 0 Å². The molecule has 2 aliphatic rings. The fourth-order valence-electron chi connectivity index (χ4n) is 2.48. The van der Waals surface area contributed by atoms with Crippen molar-refractivity contribution in [3.05, 3.63) is 28.2 Å². The molecule has 1 fully saturated rings. The number of carbonyl (C=O) groups excluding carboxylic acids is 1. The number of ether oxygens (including phenoxy) is 1. The summed E-state index contributed by atoms with van der Waals surface area (Å²) < 4.78 is 5.12. The van der Waals surface area contributed by atoms with Crippen molar-refractivity contribution in [2.45, 2.75) is 25.6 Å². The molecule has 5 nitrogen and oxygen atoms in total. The average molecular weight is 265 g/mol. The molecule has 0 radical (unpaired) electrons. The third kappa shape index (κ3) is 2.39. The van der Waals surface area contributed by atoms with Gasteiger partial charge < -0.3 is 10.1 Å². The lowest BCUT2D eigenvalue weighted by Gasteiger charge is -2.14. The van der Waals surface area contributed by atoms with Crippen LogP contribution in [0.3, 0.4) is 0 Å². The lowest BCUT2D eigenvalue weighted by atomic mass is 10.0. The zero-order valence-corrected chi connectivity index (χ0v) is 10.7. The van der Waals surface area contributed by atoms with Crippen LogP contribution in [0.15, 0.2) is 22.5 Å². The Morgan fingerprint density at radius 3 is 3.44 bits per heavy atom. The molecule has 1 amide bonds. The quantitative estimate of drug-likeness (QED) is 0.815. The summed E-state index contributed by atoms with van der Waals surface area (Å²) in [5, 5.41) is 8.01. The summed E-state index contributed by atoms with van der Waals surface area (Å²) in [6.45, 7) is 1.17. The molecule has 2 N–H and O–H groups in total. The summed E-state index contributed by atoms with van der Waals surface area (Å²) in [6.07, 6.45) is 4.08. The van der Waals surface area contributed by atoms with Gasteiger partial charge in [-0.25, -0.2) is 9.78 Å². The van der Waals surface area contributed by atoms with Crippen LogP contribution in [0.2, 0.25) is 0 Å². The molecular formula is C12H15N3O2S. The standard InChI is InChI=1S/C12H15N3O2S/c16-12(17-5-9-6-18-7-14-9)15-11-10-3-1-2-8(10)4-13-11/h3,6-8,11,13H,1-2,4-5H2,(H,15,16). The monoisotopic (exact) mass is 265 g/mol. The third-order valence-corrected chi connectivity index (χ3v) is 4.00. The van der Waals surface area contributed by atoms with Crippen LogP contribution in [0, 0.1) is 5.92 Å². The van der Waals surface area contributed by atoms with Gasteiger partial charge in [-0.15, -0.1) is 11.3 Å². The minimum absolute atomic E-state index is 0.0552. The van der Waals surface area contributed by atoms with E-state index in [1.165, 1.54) is 23.3 Å². The van der Waals surface area contributed by atoms with Gasteiger partial charge in [-0.3, -0.25) is 5.32 Å². The average Bonchev–Trinajstić information content (AvgIpc) is 3.05. The Hall–Kier alpha value is -1.40. The molecule has 0 spiro atoms. The number of amides is 1. The van der Waals surface area contributed by atoms with Crippen LogP contribution in [0.4, 0.5) is 4.79 Å². The van der Waals surface area contributed by atoms with Crippen LogP contribution in [-0.2, 0) is 11.3 Å². The Kier molecular flexibility index (Phi) is 3.29. The number of thiazole rings is 1. The fraction of sp³-hybridized carbons (Fsp3) is 0.500. The number of nitrogens with zero attached hydrogens (tertiary/aromatic N) is 1. The lowest BCUT2D eigenvalue weighted by molar-refractivity contribution is 0.135. The van der Waals surface area contributed by atoms with Crippen molar-refractivity contribution in [1.29, 1.82) is 0 Å². The van der Waals surface area contributed by atoms with E-state index in [9.17, 15) is 4.79 Å². The molecular weight excluding hydrogens is 250 g/mol. The predicted octanol–water partition coefficient (Wildman–Crippen LogP) is 1.64. The van der Waals surface area contributed by atoms with Gasteiger partial charge >= 0.3 is 6.09 Å². The SMILES string of the molecule is O=C(NC1NCC2CCC=C21)OCc1cscn1. The maximum absolute atomic E-state index is 11.7. The number of carbonyl (C=O) groups is 1. The van der Waals surface area contributed by atoms with Crippen LogP contribution in [0.5, 0.6) is 0 Å². The molecule has 2 heterocycles. The van der Waals surface area contributed by atoms with Crippen molar-refractivity contribution < 1.29 is 9.53 Å². The number of allylic oxidation sites excluding steroid dienone is 1. The largest absolute Gasteiger partial charge is 0.443 e. The van der Waals surface area contributed by atoms with Gasteiger partial charge in [0.2, 0.25) is 0 Å². The summed E-state index contributed by atoms with van der Waals surface area (Å²) in [5.41, 5.74) is 3.82. The Balaban J connectivity index is 1.49. The number of aromatic nitrogens is 1. The fourth-order valence-corrected chi connectivity index (χ4v) is 3.02. The van der Waals surface area contributed by atoms with E-state index in [1.807, 2.05) is 5.38 Å². The molecule has 1 aliphatic carbocycles. The van der Waals surface area contributed by atoms with E-state index >= 15 is 0 Å². The normalized spacial score (nSPS) is 25.7. The Bertz CT molecular complexity index is 458. The van der Waals surface area contributed by atoms with Crippen molar-refractivity contribution in [1.82, 2.24) is 15.6 Å². The highest BCUT2D eigenvalue weighted by molar-refractivity contribution is 7.07. The number of alkyl carbamates (subject to hydrolysis) is 1. The van der Waals surface area contributed by atoms with E-state index in [0.29, 0.717) is 5.92 Å². The second-order valence-electron chi connectivity index (χ2n) is 4.52. The number of hydrogen-bond donors (Lipinski definition) is 2. The van der Waals surface area contributed by atoms with E-state index < -0.39 is 6.09 Å². The van der Waals surface area contributed by atoms with Gasteiger partial charge in [-0.2, -0.15) is 0 Å². The van der Waals surface area contributed by atoms with Crippen molar-refractivity contribution in [3.8, 4) is 0 Å². The summed E-state index contributed by atoms with van der Waals surface area (Å²) in [7, 11) is 0. The predicted molar refractivity (Wildman–Crippen MR) is 68.0 cm³/mol. The summed E-state index contributed by atoms with van der Waals surface area (Å²) in [6, 6.07) is 0. The van der Waals surface area contributed by atoms with Crippen LogP contribution in [-0.4, -0.2) is 23.8 Å². The zero-order chi connectivity index (χ0) is 12.4. The first-order chi connectivity index (χ1) is 8.83. The minimum atomic E-state index is -0.394. The van der Waals surface area contributed by atoms with Gasteiger partial charge in [0.15, 0.2) is 0 Å². The van der Waals surface area contributed by atoms with E-state index in [0.717, 1.165) is 18.7 Å². The molecule has 2 unspecified atom stereocenters. The number of rotatable bonds is 3. The third-order valence-electron chi connectivity index (χ3n) is 3.37. The van der Waals surface area contributed by atoms with Crippen LogP contribution in [0.1, 0.15) is 18.5 Å². The molecule has 1 aliphatic heterocycles. The zero-order valence-electron chi connectivity index (χ0n) is 9.89. The van der Waals surface area contributed by atoms with E-state index in [-0.39, 0.29) is 12.8 Å². The minimum Gasteiger partial charge on any atom is -0.443 e. The van der Waals surface area contributed by atoms with Crippen LogP contribution < -0.4 is 10.6 Å². The summed E-state index contributed by atoms with van der Waals surface area (Å²) in [4.78, 5) is 15.7. The first kappa shape index (κ1) is 11.7. The van der Waals surface area contributed by atoms with Gasteiger partial charge in [0.1, 0.15) is 12.8 Å². The van der Waals surface area contributed by atoms with Gasteiger partial charge in [0.05, 0.1) is 11.2 Å².